The molecule has 0 radical (unpaired) electrons. The van der Waals surface area contributed by atoms with Gasteiger partial charge in [0.1, 0.15) is 0 Å². The van der Waals surface area contributed by atoms with Crippen LogP contribution in [0.3, 0.4) is 0 Å². The van der Waals surface area contributed by atoms with Crippen molar-refractivity contribution in [3.63, 3.8) is 0 Å². The Kier molecular flexibility index (Phi) is 3.13. The zero-order chi connectivity index (χ0) is 10.9. The van der Waals surface area contributed by atoms with Crippen LogP contribution in [0.5, 0.6) is 0 Å². The molecular weight excluding hydrogens is 180 g/mol. The number of carbonyl (C=O) groups excluding carboxylic acids is 1. The van der Waals surface area contributed by atoms with Gasteiger partial charge < -0.3 is 10.5 Å². The summed E-state index contributed by atoms with van der Waals surface area (Å²) in [5.74, 6) is 0.692. The molecule has 14 heavy (non-hydrogen) atoms. The smallest absolute Gasteiger partial charge is 0.291 e. The third kappa shape index (κ3) is 2.05. The average molecular weight is 198 g/mol. The molecule has 0 spiro atoms. The fraction of sp³-hybridized carbons (Fsp3) is 0.800. The molecule has 4 nitrogen and oxygen atoms in total. The van der Waals surface area contributed by atoms with E-state index in [4.69, 9.17) is 10.5 Å². The maximum absolute atomic E-state index is 11.4. The summed E-state index contributed by atoms with van der Waals surface area (Å²) in [6, 6.07) is 0.00583. The maximum Gasteiger partial charge on any atom is 0.291 e. The minimum atomic E-state index is -0.477. The fourth-order valence-electron chi connectivity index (χ4n) is 2.09. The normalized spacial score (nSPS) is 22.1. The molecule has 1 heterocycles. The van der Waals surface area contributed by atoms with Gasteiger partial charge in [-0.1, -0.05) is 27.7 Å². The van der Waals surface area contributed by atoms with E-state index in [0.717, 1.165) is 0 Å². The third-order valence-corrected chi connectivity index (χ3v) is 2.60. The van der Waals surface area contributed by atoms with Gasteiger partial charge in [-0.15, -0.1) is 0 Å². The van der Waals surface area contributed by atoms with Crippen LogP contribution < -0.4 is 5.73 Å². The van der Waals surface area contributed by atoms with E-state index < -0.39 is 6.10 Å². The molecule has 4 heteroatoms. The number of amides is 1. The van der Waals surface area contributed by atoms with Crippen molar-refractivity contribution in [3.8, 4) is 0 Å². The molecule has 1 atom stereocenters. The van der Waals surface area contributed by atoms with Gasteiger partial charge in [0, 0.05) is 5.92 Å². The number of carbonyl (C=O) groups is 1. The minimum Gasteiger partial charge on any atom is -0.451 e. The van der Waals surface area contributed by atoms with Gasteiger partial charge in [-0.3, -0.25) is 4.79 Å². The molecular formula is C10H18N2O2. The summed E-state index contributed by atoms with van der Waals surface area (Å²) in [6.07, 6.45) is -0.477. The molecule has 0 aromatic heterocycles. The van der Waals surface area contributed by atoms with E-state index in [1.807, 2.05) is 0 Å². The van der Waals surface area contributed by atoms with Crippen molar-refractivity contribution in [1.29, 1.82) is 0 Å². The molecule has 0 aromatic carbocycles. The quantitative estimate of drug-likeness (QED) is 0.740. The molecule has 0 aromatic rings. The Bertz CT molecular complexity index is 251. The second-order valence-corrected chi connectivity index (χ2v) is 4.39. The van der Waals surface area contributed by atoms with E-state index in [-0.39, 0.29) is 17.8 Å². The molecule has 1 aliphatic heterocycles. The van der Waals surface area contributed by atoms with Crippen molar-refractivity contribution in [1.82, 2.24) is 0 Å². The Hall–Kier alpha value is -1.06. The van der Waals surface area contributed by atoms with Crippen molar-refractivity contribution in [3.05, 3.63) is 0 Å². The number of nitrogens with zero attached hydrogens (tertiary/aromatic N) is 1. The predicted octanol–water partition coefficient (Wildman–Crippen LogP) is 1.15. The zero-order valence-electron chi connectivity index (χ0n) is 9.15. The summed E-state index contributed by atoms with van der Waals surface area (Å²) in [7, 11) is 0. The number of hydrogen-bond donors (Lipinski definition) is 1. The molecule has 1 rings (SSSR count). The maximum atomic E-state index is 11.4. The van der Waals surface area contributed by atoms with E-state index in [0.29, 0.717) is 11.8 Å². The second-order valence-electron chi connectivity index (χ2n) is 4.39. The van der Waals surface area contributed by atoms with E-state index in [2.05, 4.69) is 32.7 Å². The molecule has 0 saturated heterocycles. The highest BCUT2D eigenvalue weighted by molar-refractivity contribution is 5.98. The van der Waals surface area contributed by atoms with Crippen LogP contribution in [0.2, 0.25) is 0 Å². The monoisotopic (exact) mass is 198 g/mol. The summed E-state index contributed by atoms with van der Waals surface area (Å²) in [4.78, 5) is 15.0. The van der Waals surface area contributed by atoms with Crippen LogP contribution in [-0.4, -0.2) is 18.0 Å². The highest BCUT2D eigenvalue weighted by atomic mass is 16.5. The van der Waals surface area contributed by atoms with E-state index >= 15 is 0 Å². The first-order chi connectivity index (χ1) is 6.43. The standard InChI is InChI=1S/C10H18N2O2/c1-5(2)7(6(3)4)8-9(13)12-10(11)14-8/h5-8H,1-4H3,(H2,11,12,13). The topological polar surface area (TPSA) is 64.7 Å². The van der Waals surface area contributed by atoms with Crippen molar-refractivity contribution < 1.29 is 9.53 Å². The lowest BCUT2D eigenvalue weighted by Crippen LogP contribution is -2.35. The lowest BCUT2D eigenvalue weighted by atomic mass is 9.81. The van der Waals surface area contributed by atoms with Gasteiger partial charge in [0.15, 0.2) is 6.10 Å². The van der Waals surface area contributed by atoms with Crippen LogP contribution in [0.1, 0.15) is 27.7 Å². The van der Waals surface area contributed by atoms with Crippen molar-refractivity contribution in [2.45, 2.75) is 33.8 Å². The van der Waals surface area contributed by atoms with Crippen molar-refractivity contribution >= 4 is 11.9 Å². The third-order valence-electron chi connectivity index (χ3n) is 2.60. The average Bonchev–Trinajstić information content (AvgIpc) is 2.29. The van der Waals surface area contributed by atoms with Crippen LogP contribution in [0, 0.1) is 17.8 Å². The fourth-order valence-corrected chi connectivity index (χ4v) is 2.09. The minimum absolute atomic E-state index is 0.00583. The molecule has 80 valence electrons. The molecule has 1 unspecified atom stereocenters. The molecule has 2 N–H and O–H groups in total. The van der Waals surface area contributed by atoms with E-state index in [1.165, 1.54) is 0 Å². The second kappa shape index (κ2) is 3.98. The van der Waals surface area contributed by atoms with Gasteiger partial charge in [0.25, 0.3) is 11.9 Å². The number of ether oxygens (including phenoxy) is 1. The van der Waals surface area contributed by atoms with Crippen LogP contribution >= 0.6 is 0 Å². The number of nitrogens with two attached hydrogens (primary N) is 1. The number of hydrogen-bond acceptors (Lipinski definition) is 3. The SMILES string of the molecule is CC(C)C(C(C)C)C1OC(N)=NC1=O. The Labute approximate surface area is 84.5 Å². The number of aliphatic imine (C=N–C) groups is 1. The van der Waals surface area contributed by atoms with Gasteiger partial charge in [-0.2, -0.15) is 4.99 Å². The summed E-state index contributed by atoms with van der Waals surface area (Å²) >= 11 is 0. The van der Waals surface area contributed by atoms with Crippen LogP contribution in [0.25, 0.3) is 0 Å². The largest absolute Gasteiger partial charge is 0.451 e. The van der Waals surface area contributed by atoms with Crippen LogP contribution in [0.4, 0.5) is 0 Å². The Morgan fingerprint density at radius 3 is 2.07 bits per heavy atom. The summed E-state index contributed by atoms with van der Waals surface area (Å²) in [5, 5.41) is 0. The first-order valence-corrected chi connectivity index (χ1v) is 4.98. The summed E-state index contributed by atoms with van der Waals surface area (Å²) < 4.78 is 5.24. The van der Waals surface area contributed by atoms with Crippen LogP contribution in [0.15, 0.2) is 4.99 Å². The molecule has 0 aliphatic carbocycles. The number of rotatable bonds is 3. The predicted molar refractivity (Wildman–Crippen MR) is 54.7 cm³/mol. The summed E-state index contributed by atoms with van der Waals surface area (Å²) in [6.45, 7) is 8.32. The lowest BCUT2D eigenvalue weighted by Gasteiger charge is -2.28. The van der Waals surface area contributed by atoms with Gasteiger partial charge in [-0.25, -0.2) is 0 Å². The molecule has 1 aliphatic rings. The molecule has 0 fully saturated rings. The highest BCUT2D eigenvalue weighted by Gasteiger charge is 2.38. The number of amidine groups is 1. The van der Waals surface area contributed by atoms with Gasteiger partial charge in [0.2, 0.25) is 0 Å². The van der Waals surface area contributed by atoms with E-state index in [1.54, 1.807) is 0 Å². The lowest BCUT2D eigenvalue weighted by molar-refractivity contribution is -0.126. The summed E-state index contributed by atoms with van der Waals surface area (Å²) in [5.41, 5.74) is 5.36. The highest BCUT2D eigenvalue weighted by Crippen LogP contribution is 2.28. The molecule has 0 bridgehead atoms. The van der Waals surface area contributed by atoms with Gasteiger partial charge in [0.05, 0.1) is 0 Å². The first kappa shape index (κ1) is 11.0. The van der Waals surface area contributed by atoms with Gasteiger partial charge in [-0.05, 0) is 11.8 Å². The van der Waals surface area contributed by atoms with Crippen molar-refractivity contribution in [2.75, 3.05) is 0 Å². The zero-order valence-corrected chi connectivity index (χ0v) is 9.15. The Balaban J connectivity index is 2.77. The first-order valence-electron chi connectivity index (χ1n) is 4.98. The van der Waals surface area contributed by atoms with Crippen molar-refractivity contribution in [2.24, 2.45) is 28.5 Å². The van der Waals surface area contributed by atoms with E-state index in [9.17, 15) is 4.79 Å². The van der Waals surface area contributed by atoms with Crippen LogP contribution in [-0.2, 0) is 9.53 Å². The molecule has 0 saturated carbocycles. The Morgan fingerprint density at radius 2 is 1.79 bits per heavy atom. The molecule has 1 amide bonds. The van der Waals surface area contributed by atoms with Gasteiger partial charge >= 0.3 is 0 Å². The Morgan fingerprint density at radius 1 is 1.29 bits per heavy atom.